The topological polar surface area (TPSA) is 57.2 Å². The summed E-state index contributed by atoms with van der Waals surface area (Å²) in [6.07, 6.45) is 4.29. The number of aliphatic imine (C=N–C) groups is 1. The minimum absolute atomic E-state index is 0.0564. The fourth-order valence-corrected chi connectivity index (χ4v) is 6.55. The third-order valence-electron chi connectivity index (χ3n) is 8.44. The average molecular weight is 505 g/mol. The van der Waals surface area contributed by atoms with Crippen molar-refractivity contribution in [3.05, 3.63) is 48.0 Å². The van der Waals surface area contributed by atoms with Crippen LogP contribution in [0.4, 0.5) is 0 Å². The van der Waals surface area contributed by atoms with Crippen molar-refractivity contribution in [1.82, 2.24) is 15.1 Å². The highest BCUT2D eigenvalue weighted by molar-refractivity contribution is 6.07. The third kappa shape index (κ3) is 6.53. The van der Waals surface area contributed by atoms with Gasteiger partial charge in [0.15, 0.2) is 0 Å². The van der Waals surface area contributed by atoms with Gasteiger partial charge in [-0.15, -0.1) is 0 Å². The fourth-order valence-electron chi connectivity index (χ4n) is 6.55. The second kappa shape index (κ2) is 12.0. The second-order valence-corrected chi connectivity index (χ2v) is 11.8. The van der Waals surface area contributed by atoms with Crippen molar-refractivity contribution in [3.8, 4) is 0 Å². The Bertz CT molecular complexity index is 1080. The van der Waals surface area contributed by atoms with Gasteiger partial charge in [-0.1, -0.05) is 50.2 Å². The van der Waals surface area contributed by atoms with Gasteiger partial charge in [0.1, 0.15) is 12.1 Å². The summed E-state index contributed by atoms with van der Waals surface area (Å²) in [7, 11) is 0. The standard InChI is InChI=1S/C31H44N4O2/c1-22-18-23(2)20-35(19-22)15-7-14-32-30(36)26-12-16-34(17-13-26)21-29-24(3)37-31(33-29)28-11-6-9-25-8-4-5-10-27(25)28/h4-6,8-11,22-24,26,29H,7,12-21H2,1-3H3,(H,32,36)/t22-,23+,24?,29?. The predicted molar refractivity (Wildman–Crippen MR) is 151 cm³/mol. The van der Waals surface area contributed by atoms with Crippen LogP contribution in [-0.4, -0.2) is 79.6 Å². The molecular weight excluding hydrogens is 460 g/mol. The van der Waals surface area contributed by atoms with Gasteiger partial charge in [-0.3, -0.25) is 4.79 Å². The van der Waals surface area contributed by atoms with Crippen LogP contribution in [0.1, 0.15) is 52.0 Å². The van der Waals surface area contributed by atoms with Gasteiger partial charge in [0.25, 0.3) is 0 Å². The number of amides is 1. The summed E-state index contributed by atoms with van der Waals surface area (Å²) in [4.78, 5) is 22.8. The van der Waals surface area contributed by atoms with Crippen molar-refractivity contribution in [3.63, 3.8) is 0 Å². The third-order valence-corrected chi connectivity index (χ3v) is 8.44. The lowest BCUT2D eigenvalue weighted by atomic mass is 9.92. The second-order valence-electron chi connectivity index (χ2n) is 11.8. The maximum Gasteiger partial charge on any atom is 0.223 e. The van der Waals surface area contributed by atoms with E-state index in [1.165, 1.54) is 30.3 Å². The van der Waals surface area contributed by atoms with Crippen molar-refractivity contribution in [2.75, 3.05) is 45.8 Å². The van der Waals surface area contributed by atoms with Crippen molar-refractivity contribution in [1.29, 1.82) is 0 Å². The number of hydrogen-bond donors (Lipinski definition) is 1. The van der Waals surface area contributed by atoms with Crippen molar-refractivity contribution >= 4 is 22.6 Å². The number of carbonyl (C=O) groups is 1. The Balaban J connectivity index is 1.06. The van der Waals surface area contributed by atoms with Gasteiger partial charge >= 0.3 is 0 Å². The summed E-state index contributed by atoms with van der Waals surface area (Å²) in [5.74, 6) is 2.72. The maximum absolute atomic E-state index is 12.8. The van der Waals surface area contributed by atoms with Crippen molar-refractivity contribution in [2.45, 2.75) is 58.6 Å². The van der Waals surface area contributed by atoms with E-state index < -0.39 is 0 Å². The van der Waals surface area contributed by atoms with Gasteiger partial charge in [0.2, 0.25) is 11.8 Å². The molecule has 6 nitrogen and oxygen atoms in total. The molecule has 0 aliphatic carbocycles. The molecule has 0 spiro atoms. The molecule has 2 fully saturated rings. The Hall–Kier alpha value is -2.44. The molecule has 3 aliphatic rings. The number of carbonyl (C=O) groups excluding carboxylic acids is 1. The van der Waals surface area contributed by atoms with Gasteiger partial charge in [-0.05, 0) is 80.9 Å². The van der Waals surface area contributed by atoms with Crippen LogP contribution in [-0.2, 0) is 9.53 Å². The number of hydrogen-bond acceptors (Lipinski definition) is 5. The molecule has 6 heteroatoms. The fraction of sp³-hybridized carbons (Fsp3) is 0.613. The zero-order valence-electron chi connectivity index (χ0n) is 22.9. The highest BCUT2D eigenvalue weighted by Crippen LogP contribution is 2.26. The first-order valence-electron chi connectivity index (χ1n) is 14.4. The van der Waals surface area contributed by atoms with Crippen LogP contribution in [0.5, 0.6) is 0 Å². The van der Waals surface area contributed by atoms with E-state index in [9.17, 15) is 4.79 Å². The molecule has 2 unspecified atom stereocenters. The maximum atomic E-state index is 12.8. The Morgan fingerprint density at radius 1 is 1.00 bits per heavy atom. The van der Waals surface area contributed by atoms with Gasteiger partial charge in [-0.2, -0.15) is 0 Å². The van der Waals surface area contributed by atoms with E-state index in [-0.39, 0.29) is 24.0 Å². The molecule has 2 saturated heterocycles. The first-order chi connectivity index (χ1) is 18.0. The molecule has 3 heterocycles. The summed E-state index contributed by atoms with van der Waals surface area (Å²) in [6, 6.07) is 14.8. The predicted octanol–water partition coefficient (Wildman–Crippen LogP) is 4.57. The largest absolute Gasteiger partial charge is 0.472 e. The molecule has 1 N–H and O–H groups in total. The molecule has 0 bridgehead atoms. The summed E-state index contributed by atoms with van der Waals surface area (Å²) < 4.78 is 6.24. The normalized spacial score (nSPS) is 27.7. The molecule has 0 saturated carbocycles. The van der Waals surface area contributed by atoms with Gasteiger partial charge < -0.3 is 19.9 Å². The monoisotopic (exact) mass is 504 g/mol. The van der Waals surface area contributed by atoms with Crippen LogP contribution < -0.4 is 5.32 Å². The lowest BCUT2D eigenvalue weighted by Gasteiger charge is -2.35. The first kappa shape index (κ1) is 26.2. The Morgan fingerprint density at radius 3 is 2.51 bits per heavy atom. The molecule has 1 amide bonds. The first-order valence-corrected chi connectivity index (χ1v) is 14.4. The van der Waals surface area contributed by atoms with Crippen LogP contribution in [0.2, 0.25) is 0 Å². The van der Waals surface area contributed by atoms with E-state index in [1.54, 1.807) is 0 Å². The van der Waals surface area contributed by atoms with Crippen LogP contribution in [0, 0.1) is 17.8 Å². The lowest BCUT2D eigenvalue weighted by Crippen LogP contribution is -2.44. The number of nitrogens with one attached hydrogen (secondary N) is 1. The SMILES string of the molecule is CC1OC(c2cccc3ccccc23)=NC1CN1CCC(C(=O)NCCCN2C[C@H](C)C[C@H](C)C2)CC1. The number of ether oxygens (including phenoxy) is 1. The quantitative estimate of drug-likeness (QED) is 0.535. The molecule has 200 valence electrons. The lowest BCUT2D eigenvalue weighted by molar-refractivity contribution is -0.126. The number of nitrogens with zero attached hydrogens (tertiary/aromatic N) is 3. The number of benzene rings is 2. The minimum Gasteiger partial charge on any atom is -0.472 e. The van der Waals surface area contributed by atoms with E-state index in [0.717, 1.165) is 75.3 Å². The van der Waals surface area contributed by atoms with E-state index in [2.05, 4.69) is 78.4 Å². The molecule has 5 rings (SSSR count). The summed E-state index contributed by atoms with van der Waals surface area (Å²) in [6.45, 7) is 13.9. The smallest absolute Gasteiger partial charge is 0.223 e. The van der Waals surface area contributed by atoms with E-state index in [4.69, 9.17) is 9.73 Å². The summed E-state index contributed by atoms with van der Waals surface area (Å²) in [5, 5.41) is 5.61. The molecule has 3 aliphatic heterocycles. The van der Waals surface area contributed by atoms with Crippen LogP contribution >= 0.6 is 0 Å². The van der Waals surface area contributed by atoms with Crippen molar-refractivity contribution < 1.29 is 9.53 Å². The van der Waals surface area contributed by atoms with E-state index in [1.807, 2.05) is 0 Å². The molecule has 2 aromatic rings. The number of rotatable bonds is 8. The van der Waals surface area contributed by atoms with E-state index in [0.29, 0.717) is 0 Å². The van der Waals surface area contributed by atoms with Crippen molar-refractivity contribution in [2.24, 2.45) is 22.7 Å². The molecule has 0 radical (unpaired) electrons. The zero-order valence-corrected chi connectivity index (χ0v) is 22.9. The zero-order chi connectivity index (χ0) is 25.8. The average Bonchev–Trinajstić information content (AvgIpc) is 3.25. The van der Waals surface area contributed by atoms with Crippen LogP contribution in [0.15, 0.2) is 47.5 Å². The molecule has 4 atom stereocenters. The Kier molecular flexibility index (Phi) is 8.46. The highest BCUT2D eigenvalue weighted by Gasteiger charge is 2.32. The number of likely N-dealkylation sites (tertiary alicyclic amines) is 2. The van der Waals surface area contributed by atoms with Crippen LogP contribution in [0.25, 0.3) is 10.8 Å². The van der Waals surface area contributed by atoms with Gasteiger partial charge in [-0.25, -0.2) is 4.99 Å². The van der Waals surface area contributed by atoms with E-state index >= 15 is 0 Å². The van der Waals surface area contributed by atoms with Gasteiger partial charge in [0.05, 0.1) is 0 Å². The minimum atomic E-state index is 0.0564. The highest BCUT2D eigenvalue weighted by atomic mass is 16.5. The molecule has 37 heavy (non-hydrogen) atoms. The number of piperidine rings is 2. The van der Waals surface area contributed by atoms with Crippen LogP contribution in [0.3, 0.4) is 0 Å². The Morgan fingerprint density at radius 2 is 1.73 bits per heavy atom. The van der Waals surface area contributed by atoms with Gasteiger partial charge in [0, 0.05) is 37.7 Å². The Labute approximate surface area is 222 Å². The molecular formula is C31H44N4O2. The molecule has 0 aromatic heterocycles. The summed E-state index contributed by atoms with van der Waals surface area (Å²) >= 11 is 0. The molecule has 2 aromatic carbocycles. The number of fused-ring (bicyclic) bond motifs is 1. The summed E-state index contributed by atoms with van der Waals surface area (Å²) in [5.41, 5.74) is 1.08.